The van der Waals surface area contributed by atoms with Gasteiger partial charge in [-0.3, -0.25) is 4.79 Å². The predicted octanol–water partition coefficient (Wildman–Crippen LogP) is 4.94. The first-order valence-corrected chi connectivity index (χ1v) is 10.6. The number of ether oxygens (including phenoxy) is 1. The Hall–Kier alpha value is -2.44. The van der Waals surface area contributed by atoms with Crippen molar-refractivity contribution in [2.24, 2.45) is 0 Å². The van der Waals surface area contributed by atoms with Crippen LogP contribution in [-0.4, -0.2) is 28.9 Å². The lowest BCUT2D eigenvalue weighted by Gasteiger charge is -2.36. The second-order valence-corrected chi connectivity index (χ2v) is 8.46. The predicted molar refractivity (Wildman–Crippen MR) is 118 cm³/mol. The molecule has 2 aromatic carbocycles. The van der Waals surface area contributed by atoms with Crippen LogP contribution in [-0.2, 0) is 14.9 Å². The van der Waals surface area contributed by atoms with Gasteiger partial charge in [-0.2, -0.15) is 5.10 Å². The highest BCUT2D eigenvalue weighted by Gasteiger charge is 2.41. The van der Waals surface area contributed by atoms with Gasteiger partial charge in [0.2, 0.25) is 5.91 Å². The van der Waals surface area contributed by atoms with Gasteiger partial charge in [-0.05, 0) is 68.7 Å². The highest BCUT2D eigenvalue weighted by Crippen LogP contribution is 2.37. The van der Waals surface area contributed by atoms with Crippen molar-refractivity contribution in [2.45, 2.75) is 32.1 Å². The number of carbonyl (C=O) groups is 1. The van der Waals surface area contributed by atoms with Crippen molar-refractivity contribution < 1.29 is 9.53 Å². The third-order valence-corrected chi connectivity index (χ3v) is 6.06. The Morgan fingerprint density at radius 2 is 1.83 bits per heavy atom. The van der Waals surface area contributed by atoms with Crippen molar-refractivity contribution in [2.75, 3.05) is 18.5 Å². The summed E-state index contributed by atoms with van der Waals surface area (Å²) in [5.41, 5.74) is 4.15. The van der Waals surface area contributed by atoms with Crippen LogP contribution >= 0.6 is 15.9 Å². The molecule has 0 saturated carbocycles. The van der Waals surface area contributed by atoms with Crippen LogP contribution in [0.25, 0.3) is 5.69 Å². The van der Waals surface area contributed by atoms with E-state index in [0.29, 0.717) is 26.1 Å². The summed E-state index contributed by atoms with van der Waals surface area (Å²) in [5, 5.41) is 7.70. The van der Waals surface area contributed by atoms with Gasteiger partial charge in [0.05, 0.1) is 16.8 Å². The molecule has 1 aromatic heterocycles. The zero-order valence-corrected chi connectivity index (χ0v) is 18.2. The Morgan fingerprint density at radius 1 is 1.10 bits per heavy atom. The molecule has 6 heteroatoms. The van der Waals surface area contributed by atoms with Crippen molar-refractivity contribution in [1.82, 2.24) is 9.78 Å². The number of halogens is 1. The average Bonchev–Trinajstić information content (AvgIpc) is 3.07. The first-order valence-electron chi connectivity index (χ1n) is 9.77. The van der Waals surface area contributed by atoms with Crippen LogP contribution in [0, 0.1) is 13.8 Å². The standard InChI is InChI=1S/C23H24BrN3O2/c1-16-14-17(2)27(26-16)21-5-3-4-20(15-21)25-22(28)23(10-12-29-13-11-23)18-6-8-19(24)9-7-18/h3-9,14-15H,10-13H2,1-2H3,(H,25,28). The number of hydrogen-bond acceptors (Lipinski definition) is 3. The monoisotopic (exact) mass is 453 g/mol. The van der Waals surface area contributed by atoms with Gasteiger partial charge in [0.15, 0.2) is 0 Å². The SMILES string of the molecule is Cc1cc(C)n(-c2cccc(NC(=O)C3(c4ccc(Br)cc4)CCOCC3)c2)n1. The summed E-state index contributed by atoms with van der Waals surface area (Å²) >= 11 is 3.48. The molecular weight excluding hydrogens is 430 g/mol. The van der Waals surface area contributed by atoms with Crippen LogP contribution in [0.1, 0.15) is 29.8 Å². The average molecular weight is 454 g/mol. The minimum Gasteiger partial charge on any atom is -0.381 e. The van der Waals surface area contributed by atoms with Crippen LogP contribution in [0.5, 0.6) is 0 Å². The zero-order valence-electron chi connectivity index (χ0n) is 16.6. The van der Waals surface area contributed by atoms with E-state index < -0.39 is 5.41 Å². The summed E-state index contributed by atoms with van der Waals surface area (Å²) in [4.78, 5) is 13.5. The Labute approximate surface area is 179 Å². The lowest BCUT2D eigenvalue weighted by atomic mass is 9.73. The Morgan fingerprint density at radius 3 is 2.48 bits per heavy atom. The molecule has 0 atom stereocenters. The molecule has 4 rings (SSSR count). The van der Waals surface area contributed by atoms with E-state index in [1.165, 1.54) is 0 Å². The second-order valence-electron chi connectivity index (χ2n) is 7.54. The third kappa shape index (κ3) is 4.00. The normalized spacial score (nSPS) is 15.8. The van der Waals surface area contributed by atoms with Gasteiger partial charge in [-0.15, -0.1) is 0 Å². The molecule has 0 aliphatic carbocycles. The molecule has 0 bridgehead atoms. The Balaban J connectivity index is 1.64. The Bertz CT molecular complexity index is 1020. The molecule has 29 heavy (non-hydrogen) atoms. The van der Waals surface area contributed by atoms with Gasteiger partial charge in [-0.1, -0.05) is 34.1 Å². The Kier molecular flexibility index (Phi) is 5.56. The molecule has 0 unspecified atom stereocenters. The molecule has 0 radical (unpaired) electrons. The van der Waals surface area contributed by atoms with E-state index in [1.807, 2.05) is 73.1 Å². The molecule has 1 aliphatic rings. The van der Waals surface area contributed by atoms with Crippen molar-refractivity contribution in [1.29, 1.82) is 0 Å². The lowest BCUT2D eigenvalue weighted by Crippen LogP contribution is -2.44. The minimum atomic E-state index is -0.590. The zero-order chi connectivity index (χ0) is 20.4. The molecule has 1 amide bonds. The molecule has 1 N–H and O–H groups in total. The summed E-state index contributed by atoms with van der Waals surface area (Å²) in [5.74, 6) is 0.00800. The summed E-state index contributed by atoms with van der Waals surface area (Å²) in [6.07, 6.45) is 1.33. The van der Waals surface area contributed by atoms with Gasteiger partial charge in [-0.25, -0.2) is 4.68 Å². The third-order valence-electron chi connectivity index (χ3n) is 5.54. The highest BCUT2D eigenvalue weighted by molar-refractivity contribution is 9.10. The highest BCUT2D eigenvalue weighted by atomic mass is 79.9. The van der Waals surface area contributed by atoms with Gasteiger partial charge in [0, 0.05) is 29.1 Å². The van der Waals surface area contributed by atoms with Crippen molar-refractivity contribution in [3.8, 4) is 5.69 Å². The molecule has 5 nitrogen and oxygen atoms in total. The number of benzene rings is 2. The van der Waals surface area contributed by atoms with E-state index in [9.17, 15) is 4.79 Å². The van der Waals surface area contributed by atoms with Crippen LogP contribution in [0.3, 0.4) is 0 Å². The molecule has 1 fully saturated rings. The summed E-state index contributed by atoms with van der Waals surface area (Å²) in [6, 6.07) is 17.9. The number of nitrogens with one attached hydrogen (secondary N) is 1. The molecule has 0 spiro atoms. The second kappa shape index (κ2) is 8.13. The fourth-order valence-corrected chi connectivity index (χ4v) is 4.26. The van der Waals surface area contributed by atoms with E-state index in [4.69, 9.17) is 4.74 Å². The van der Waals surface area contributed by atoms with E-state index in [2.05, 4.69) is 26.3 Å². The fraction of sp³-hybridized carbons (Fsp3) is 0.304. The van der Waals surface area contributed by atoms with Crippen LogP contribution < -0.4 is 5.32 Å². The smallest absolute Gasteiger partial charge is 0.235 e. The summed E-state index contributed by atoms with van der Waals surface area (Å²) < 4.78 is 8.46. The molecule has 150 valence electrons. The fourth-order valence-electron chi connectivity index (χ4n) is 3.99. The first kappa shape index (κ1) is 19.9. The van der Waals surface area contributed by atoms with Crippen LogP contribution in [0.15, 0.2) is 59.1 Å². The van der Waals surface area contributed by atoms with Gasteiger partial charge in [0.1, 0.15) is 0 Å². The molecule has 1 saturated heterocycles. The quantitative estimate of drug-likeness (QED) is 0.608. The summed E-state index contributed by atoms with van der Waals surface area (Å²) in [6.45, 7) is 5.16. The number of carbonyl (C=O) groups excluding carboxylic acids is 1. The van der Waals surface area contributed by atoms with E-state index in [0.717, 1.165) is 32.8 Å². The maximum Gasteiger partial charge on any atom is 0.235 e. The molecule has 3 aromatic rings. The van der Waals surface area contributed by atoms with Crippen molar-refractivity contribution in [3.63, 3.8) is 0 Å². The number of nitrogens with zero attached hydrogens (tertiary/aromatic N) is 2. The van der Waals surface area contributed by atoms with Crippen molar-refractivity contribution >= 4 is 27.5 Å². The number of amides is 1. The topological polar surface area (TPSA) is 56.2 Å². The number of rotatable bonds is 4. The maximum atomic E-state index is 13.5. The van der Waals surface area contributed by atoms with Gasteiger partial charge < -0.3 is 10.1 Å². The number of aryl methyl sites for hydroxylation is 2. The van der Waals surface area contributed by atoms with Crippen molar-refractivity contribution in [3.05, 3.63) is 76.0 Å². The molecule has 1 aliphatic heterocycles. The largest absolute Gasteiger partial charge is 0.381 e. The summed E-state index contributed by atoms with van der Waals surface area (Å²) in [7, 11) is 0. The van der Waals surface area contributed by atoms with E-state index >= 15 is 0 Å². The number of aromatic nitrogens is 2. The first-order chi connectivity index (χ1) is 14.0. The lowest BCUT2D eigenvalue weighted by molar-refractivity contribution is -0.125. The van der Waals surface area contributed by atoms with E-state index in [-0.39, 0.29) is 5.91 Å². The van der Waals surface area contributed by atoms with Crippen LogP contribution in [0.2, 0.25) is 0 Å². The number of anilines is 1. The number of hydrogen-bond donors (Lipinski definition) is 1. The minimum absolute atomic E-state index is 0.00800. The van der Waals surface area contributed by atoms with Gasteiger partial charge >= 0.3 is 0 Å². The molecular formula is C23H24BrN3O2. The molecule has 2 heterocycles. The van der Waals surface area contributed by atoms with Gasteiger partial charge in [0.25, 0.3) is 0 Å². The van der Waals surface area contributed by atoms with E-state index in [1.54, 1.807) is 0 Å². The van der Waals surface area contributed by atoms with Crippen LogP contribution in [0.4, 0.5) is 5.69 Å². The maximum absolute atomic E-state index is 13.5.